The maximum absolute atomic E-state index is 13.5. The van der Waals surface area contributed by atoms with E-state index in [0.29, 0.717) is 5.75 Å². The summed E-state index contributed by atoms with van der Waals surface area (Å²) in [4.78, 5) is 0. The third-order valence-corrected chi connectivity index (χ3v) is 3.44. The van der Waals surface area contributed by atoms with Crippen LogP contribution in [-0.4, -0.2) is 12.1 Å². The van der Waals surface area contributed by atoms with E-state index in [2.05, 4.69) is 12.2 Å². The molecule has 1 heterocycles. The highest BCUT2D eigenvalue weighted by atomic mass is 35.5. The number of ether oxygens (including phenoxy) is 1. The second kappa shape index (κ2) is 5.06. The minimum absolute atomic E-state index is 0.153. The van der Waals surface area contributed by atoms with E-state index in [1.807, 2.05) is 13.8 Å². The molecular formula is C14H19ClFNO. The van der Waals surface area contributed by atoms with Crippen LogP contribution < -0.4 is 10.1 Å². The highest BCUT2D eigenvalue weighted by Gasteiger charge is 2.34. The minimum atomic E-state index is -0.428. The van der Waals surface area contributed by atoms with Gasteiger partial charge in [0.1, 0.15) is 17.2 Å². The average Bonchev–Trinajstić information content (AvgIpc) is 2.27. The lowest BCUT2D eigenvalue weighted by Crippen LogP contribution is -2.39. The van der Waals surface area contributed by atoms with E-state index in [0.717, 1.165) is 24.9 Å². The minimum Gasteiger partial charge on any atom is -0.487 e. The van der Waals surface area contributed by atoms with Gasteiger partial charge < -0.3 is 10.1 Å². The van der Waals surface area contributed by atoms with Gasteiger partial charge in [0.2, 0.25) is 0 Å². The molecule has 100 valence electrons. The van der Waals surface area contributed by atoms with Gasteiger partial charge in [0.15, 0.2) is 0 Å². The molecule has 1 aromatic carbocycles. The Hall–Kier alpha value is -0.800. The van der Waals surface area contributed by atoms with Crippen LogP contribution in [0.1, 0.15) is 45.2 Å². The van der Waals surface area contributed by atoms with E-state index in [1.54, 1.807) is 6.07 Å². The van der Waals surface area contributed by atoms with Crippen LogP contribution in [0.5, 0.6) is 5.75 Å². The van der Waals surface area contributed by atoms with Crippen molar-refractivity contribution in [2.75, 3.05) is 6.54 Å². The van der Waals surface area contributed by atoms with E-state index < -0.39 is 5.82 Å². The number of fused-ring (bicyclic) bond motifs is 1. The lowest BCUT2D eigenvalue weighted by Gasteiger charge is -2.38. The molecule has 2 rings (SSSR count). The van der Waals surface area contributed by atoms with Gasteiger partial charge in [0.05, 0.1) is 5.02 Å². The zero-order valence-electron chi connectivity index (χ0n) is 11.0. The molecule has 18 heavy (non-hydrogen) atoms. The van der Waals surface area contributed by atoms with Crippen molar-refractivity contribution in [2.24, 2.45) is 0 Å². The second-order valence-electron chi connectivity index (χ2n) is 5.38. The van der Waals surface area contributed by atoms with E-state index in [4.69, 9.17) is 16.3 Å². The number of hydrogen-bond acceptors (Lipinski definition) is 2. The summed E-state index contributed by atoms with van der Waals surface area (Å²) >= 11 is 5.86. The van der Waals surface area contributed by atoms with Crippen molar-refractivity contribution >= 4 is 11.6 Å². The summed E-state index contributed by atoms with van der Waals surface area (Å²) in [6.07, 6.45) is 1.91. The van der Waals surface area contributed by atoms with Gasteiger partial charge in [-0.15, -0.1) is 0 Å². The molecule has 0 saturated heterocycles. The molecule has 2 nitrogen and oxygen atoms in total. The van der Waals surface area contributed by atoms with Gasteiger partial charge in [0.25, 0.3) is 0 Å². The standard InChI is InChI=1S/C14H19ClFNO/c1-4-5-17-12-8-14(2,3)18-13-7-11(16)10(15)6-9(12)13/h6-7,12,17H,4-5,8H2,1-3H3. The Bertz CT molecular complexity index is 448. The summed E-state index contributed by atoms with van der Waals surface area (Å²) in [5, 5.41) is 3.62. The topological polar surface area (TPSA) is 21.3 Å². The first-order valence-corrected chi connectivity index (χ1v) is 6.72. The van der Waals surface area contributed by atoms with Gasteiger partial charge in [-0.1, -0.05) is 18.5 Å². The SMILES string of the molecule is CCCNC1CC(C)(C)Oc2cc(F)c(Cl)cc21. The quantitative estimate of drug-likeness (QED) is 0.894. The smallest absolute Gasteiger partial charge is 0.145 e. The summed E-state index contributed by atoms with van der Waals surface area (Å²) in [5.41, 5.74) is 0.660. The lowest BCUT2D eigenvalue weighted by atomic mass is 9.89. The Kier molecular flexibility index (Phi) is 3.83. The molecule has 0 radical (unpaired) electrons. The molecule has 0 aromatic heterocycles. The first-order chi connectivity index (χ1) is 8.43. The van der Waals surface area contributed by atoms with Crippen LogP contribution in [-0.2, 0) is 0 Å². The molecule has 1 aliphatic rings. The van der Waals surface area contributed by atoms with Crippen molar-refractivity contribution in [3.8, 4) is 5.75 Å². The molecule has 1 atom stereocenters. The Labute approximate surface area is 112 Å². The monoisotopic (exact) mass is 271 g/mol. The molecule has 0 aliphatic carbocycles. The van der Waals surface area contributed by atoms with Crippen LogP contribution in [0.25, 0.3) is 0 Å². The van der Waals surface area contributed by atoms with Gasteiger partial charge in [-0.25, -0.2) is 4.39 Å². The third kappa shape index (κ3) is 2.78. The number of hydrogen-bond donors (Lipinski definition) is 1. The Balaban J connectivity index is 2.37. The summed E-state index contributed by atoms with van der Waals surface area (Å²) in [6, 6.07) is 3.23. The normalized spacial score (nSPS) is 21.3. The van der Waals surface area contributed by atoms with Crippen LogP contribution >= 0.6 is 11.6 Å². The second-order valence-corrected chi connectivity index (χ2v) is 5.78. The number of nitrogens with one attached hydrogen (secondary N) is 1. The van der Waals surface area contributed by atoms with Crippen LogP contribution in [0.2, 0.25) is 5.02 Å². The first kappa shape index (κ1) is 13.6. The lowest BCUT2D eigenvalue weighted by molar-refractivity contribution is 0.0657. The molecule has 1 N–H and O–H groups in total. The highest BCUT2D eigenvalue weighted by molar-refractivity contribution is 6.30. The number of benzene rings is 1. The van der Waals surface area contributed by atoms with Gasteiger partial charge in [-0.3, -0.25) is 0 Å². The number of rotatable bonds is 3. The van der Waals surface area contributed by atoms with Crippen molar-refractivity contribution in [1.29, 1.82) is 0 Å². The van der Waals surface area contributed by atoms with E-state index in [1.165, 1.54) is 6.07 Å². The molecule has 0 bridgehead atoms. The maximum Gasteiger partial charge on any atom is 0.145 e. The molecule has 0 saturated carbocycles. The van der Waals surface area contributed by atoms with Crippen LogP contribution in [0.15, 0.2) is 12.1 Å². The molecule has 0 amide bonds. The molecule has 4 heteroatoms. The fourth-order valence-electron chi connectivity index (χ4n) is 2.35. The largest absolute Gasteiger partial charge is 0.487 e. The van der Waals surface area contributed by atoms with Gasteiger partial charge in [0, 0.05) is 24.1 Å². The average molecular weight is 272 g/mol. The molecule has 0 spiro atoms. The van der Waals surface area contributed by atoms with E-state index in [9.17, 15) is 4.39 Å². The van der Waals surface area contributed by atoms with Crippen LogP contribution in [0.3, 0.4) is 0 Å². The molecule has 1 aromatic rings. The highest BCUT2D eigenvalue weighted by Crippen LogP contribution is 2.41. The Morgan fingerprint density at radius 1 is 1.50 bits per heavy atom. The van der Waals surface area contributed by atoms with Crippen molar-refractivity contribution in [3.63, 3.8) is 0 Å². The predicted octanol–water partition coefficient (Wildman–Crippen LogP) is 4.08. The summed E-state index contributed by atoms with van der Waals surface area (Å²) in [5.74, 6) is 0.170. The van der Waals surface area contributed by atoms with Crippen molar-refractivity contribution in [2.45, 2.75) is 45.3 Å². The molecular weight excluding hydrogens is 253 g/mol. The molecule has 1 unspecified atom stereocenters. The van der Waals surface area contributed by atoms with Crippen molar-refractivity contribution < 1.29 is 9.13 Å². The Morgan fingerprint density at radius 3 is 2.89 bits per heavy atom. The van der Waals surface area contributed by atoms with Crippen molar-refractivity contribution in [1.82, 2.24) is 5.32 Å². The summed E-state index contributed by atoms with van der Waals surface area (Å²) in [7, 11) is 0. The van der Waals surface area contributed by atoms with Crippen molar-refractivity contribution in [3.05, 3.63) is 28.5 Å². The summed E-state index contributed by atoms with van der Waals surface area (Å²) < 4.78 is 19.3. The fraction of sp³-hybridized carbons (Fsp3) is 0.571. The fourth-order valence-corrected chi connectivity index (χ4v) is 2.52. The van der Waals surface area contributed by atoms with Crippen LogP contribution in [0, 0.1) is 5.82 Å². The number of halogens is 2. The predicted molar refractivity (Wildman–Crippen MR) is 71.8 cm³/mol. The summed E-state index contributed by atoms with van der Waals surface area (Å²) in [6.45, 7) is 7.08. The molecule has 1 aliphatic heterocycles. The van der Waals surface area contributed by atoms with Gasteiger partial charge in [-0.05, 0) is 32.9 Å². The maximum atomic E-state index is 13.5. The third-order valence-electron chi connectivity index (χ3n) is 3.15. The first-order valence-electron chi connectivity index (χ1n) is 6.34. The molecule has 0 fully saturated rings. The van der Waals surface area contributed by atoms with Gasteiger partial charge in [-0.2, -0.15) is 0 Å². The van der Waals surface area contributed by atoms with E-state index >= 15 is 0 Å². The van der Waals surface area contributed by atoms with E-state index in [-0.39, 0.29) is 16.7 Å². The van der Waals surface area contributed by atoms with Crippen LogP contribution in [0.4, 0.5) is 4.39 Å². The Morgan fingerprint density at radius 2 is 2.22 bits per heavy atom. The zero-order chi connectivity index (χ0) is 13.3. The zero-order valence-corrected chi connectivity index (χ0v) is 11.8. The van der Waals surface area contributed by atoms with Gasteiger partial charge >= 0.3 is 0 Å².